The molecule has 28 heavy (non-hydrogen) atoms. The molecule has 6 nitrogen and oxygen atoms in total. The third-order valence-corrected chi connectivity index (χ3v) is 7.37. The molecule has 0 aliphatic carbocycles. The number of rotatable bonds is 7. The Hall–Kier alpha value is -2.84. The molecule has 0 saturated carbocycles. The highest BCUT2D eigenvalue weighted by atomic mass is 32.2. The van der Waals surface area contributed by atoms with Crippen molar-refractivity contribution in [2.45, 2.75) is 10.8 Å². The van der Waals surface area contributed by atoms with E-state index in [9.17, 15) is 13.2 Å². The molecule has 0 fully saturated rings. The minimum Gasteiger partial charge on any atom is -0.497 e. The average Bonchev–Trinajstić information content (AvgIpc) is 3.28. The molecule has 0 spiro atoms. The second-order valence-corrected chi connectivity index (χ2v) is 9.13. The van der Waals surface area contributed by atoms with Gasteiger partial charge in [0, 0.05) is 19.2 Å². The van der Waals surface area contributed by atoms with E-state index in [0.717, 1.165) is 11.3 Å². The largest absolute Gasteiger partial charge is 0.497 e. The zero-order valence-corrected chi connectivity index (χ0v) is 17.1. The van der Waals surface area contributed by atoms with E-state index in [0.29, 0.717) is 17.8 Å². The maximum atomic E-state index is 12.6. The van der Waals surface area contributed by atoms with Gasteiger partial charge in [-0.25, -0.2) is 8.42 Å². The van der Waals surface area contributed by atoms with E-state index in [4.69, 9.17) is 4.74 Å². The Morgan fingerprint density at radius 1 is 1.07 bits per heavy atom. The zero-order valence-electron chi connectivity index (χ0n) is 15.5. The third kappa shape index (κ3) is 4.35. The molecule has 146 valence electrons. The van der Waals surface area contributed by atoms with Crippen LogP contribution in [0.5, 0.6) is 5.75 Å². The predicted molar refractivity (Wildman–Crippen MR) is 111 cm³/mol. The van der Waals surface area contributed by atoms with Gasteiger partial charge >= 0.3 is 0 Å². The zero-order chi connectivity index (χ0) is 20.1. The number of methoxy groups -OCH3 is 1. The first-order valence-corrected chi connectivity index (χ1v) is 10.8. The molecule has 1 amide bonds. The number of carbonyl (C=O) groups is 1. The number of ether oxygens (including phenoxy) is 1. The molecule has 0 saturated heterocycles. The number of nitrogens with one attached hydrogen (secondary N) is 1. The van der Waals surface area contributed by atoms with Gasteiger partial charge in [-0.2, -0.15) is 0 Å². The number of thiophene rings is 1. The molecule has 0 bridgehead atoms. The van der Waals surface area contributed by atoms with Crippen molar-refractivity contribution in [1.82, 2.24) is 5.32 Å². The van der Waals surface area contributed by atoms with Crippen LogP contribution in [-0.2, 0) is 16.6 Å². The highest BCUT2D eigenvalue weighted by Crippen LogP contribution is 2.25. The van der Waals surface area contributed by atoms with Gasteiger partial charge in [-0.15, -0.1) is 11.3 Å². The normalized spacial score (nSPS) is 11.1. The lowest BCUT2D eigenvalue weighted by molar-refractivity contribution is 0.0951. The van der Waals surface area contributed by atoms with E-state index in [-0.39, 0.29) is 10.1 Å². The molecule has 3 rings (SSSR count). The Morgan fingerprint density at radius 3 is 2.32 bits per heavy atom. The van der Waals surface area contributed by atoms with Crippen LogP contribution in [0.1, 0.15) is 15.9 Å². The molecule has 0 aliphatic rings. The first kappa shape index (κ1) is 19.9. The van der Waals surface area contributed by atoms with Crippen LogP contribution >= 0.6 is 11.3 Å². The van der Waals surface area contributed by atoms with Crippen LogP contribution < -0.4 is 14.4 Å². The second-order valence-electron chi connectivity index (χ2n) is 5.98. The van der Waals surface area contributed by atoms with Crippen LogP contribution in [0.25, 0.3) is 0 Å². The Balaban J connectivity index is 1.65. The summed E-state index contributed by atoms with van der Waals surface area (Å²) in [6, 6.07) is 17.2. The second kappa shape index (κ2) is 8.45. The van der Waals surface area contributed by atoms with Crippen LogP contribution in [-0.4, -0.2) is 28.5 Å². The number of carbonyl (C=O) groups excluding carboxylic acids is 1. The fourth-order valence-corrected chi connectivity index (χ4v) is 4.89. The van der Waals surface area contributed by atoms with Crippen LogP contribution in [0.4, 0.5) is 5.69 Å². The topological polar surface area (TPSA) is 75.7 Å². The van der Waals surface area contributed by atoms with Gasteiger partial charge in [0.05, 0.1) is 12.8 Å². The quantitative estimate of drug-likeness (QED) is 0.640. The maximum Gasteiger partial charge on any atom is 0.273 e. The molecule has 8 heteroatoms. The number of benzene rings is 2. The van der Waals surface area contributed by atoms with Crippen LogP contribution in [0.2, 0.25) is 0 Å². The Bertz CT molecular complexity index is 1030. The minimum atomic E-state index is -3.59. The summed E-state index contributed by atoms with van der Waals surface area (Å²) < 4.78 is 31.7. The summed E-state index contributed by atoms with van der Waals surface area (Å²) in [5.74, 6) is 0.526. The highest BCUT2D eigenvalue weighted by molar-refractivity contribution is 7.94. The highest BCUT2D eigenvalue weighted by Gasteiger charge is 2.22. The molecule has 0 radical (unpaired) electrons. The maximum absolute atomic E-state index is 12.6. The molecule has 1 N–H and O–H groups in total. The van der Waals surface area contributed by atoms with Gasteiger partial charge in [-0.05, 0) is 53.4 Å². The first-order chi connectivity index (χ1) is 13.4. The summed E-state index contributed by atoms with van der Waals surface area (Å²) in [6.45, 7) is 0.386. The smallest absolute Gasteiger partial charge is 0.273 e. The van der Waals surface area contributed by atoms with Crippen LogP contribution in [0.3, 0.4) is 0 Å². The van der Waals surface area contributed by atoms with E-state index < -0.39 is 10.0 Å². The van der Waals surface area contributed by atoms with Crippen molar-refractivity contribution in [1.29, 1.82) is 0 Å². The van der Waals surface area contributed by atoms with Gasteiger partial charge in [0.15, 0.2) is 0 Å². The SMILES string of the molecule is COc1ccc(CNC(=O)c2ccc(N(C)S(=O)(=O)c3cccs3)cc2)cc1. The molecule has 0 unspecified atom stereocenters. The van der Waals surface area contributed by atoms with Crippen molar-refractivity contribution in [3.63, 3.8) is 0 Å². The number of hydrogen-bond donors (Lipinski definition) is 1. The molecule has 1 aromatic heterocycles. The fourth-order valence-electron chi connectivity index (χ4n) is 2.53. The van der Waals surface area contributed by atoms with Crippen LogP contribution in [0, 0.1) is 0 Å². The van der Waals surface area contributed by atoms with Crippen LogP contribution in [0.15, 0.2) is 70.3 Å². The van der Waals surface area contributed by atoms with Gasteiger partial charge < -0.3 is 10.1 Å². The van der Waals surface area contributed by atoms with Gasteiger partial charge in [0.1, 0.15) is 9.96 Å². The lowest BCUT2D eigenvalue weighted by Gasteiger charge is -2.18. The molecular formula is C20H20N2O4S2. The Labute approximate surface area is 168 Å². The van der Waals surface area contributed by atoms with Gasteiger partial charge in [-0.1, -0.05) is 18.2 Å². The van der Waals surface area contributed by atoms with Crippen molar-refractivity contribution in [3.8, 4) is 5.75 Å². The van der Waals surface area contributed by atoms with Crippen molar-refractivity contribution in [2.75, 3.05) is 18.5 Å². The summed E-state index contributed by atoms with van der Waals surface area (Å²) in [7, 11) is -0.498. The van der Waals surface area contributed by atoms with Crippen molar-refractivity contribution >= 4 is 33.0 Å². The summed E-state index contributed by atoms with van der Waals surface area (Å²) in [6.07, 6.45) is 0. The van der Waals surface area contributed by atoms with Crippen molar-refractivity contribution < 1.29 is 17.9 Å². The summed E-state index contributed by atoms with van der Waals surface area (Å²) in [5, 5.41) is 4.56. The minimum absolute atomic E-state index is 0.230. The van der Waals surface area contributed by atoms with Gasteiger partial charge in [0.25, 0.3) is 15.9 Å². The van der Waals surface area contributed by atoms with Crippen molar-refractivity contribution in [2.24, 2.45) is 0 Å². The van der Waals surface area contributed by atoms with E-state index in [1.54, 1.807) is 48.9 Å². The Kier molecular flexibility index (Phi) is 6.01. The van der Waals surface area contributed by atoms with E-state index in [2.05, 4.69) is 5.32 Å². The summed E-state index contributed by atoms with van der Waals surface area (Å²) in [5.41, 5.74) is 1.90. The predicted octanol–water partition coefficient (Wildman–Crippen LogP) is 3.51. The number of nitrogens with zero attached hydrogens (tertiary/aromatic N) is 1. The lowest BCUT2D eigenvalue weighted by Crippen LogP contribution is -2.26. The first-order valence-electron chi connectivity index (χ1n) is 8.45. The number of sulfonamides is 1. The van der Waals surface area contributed by atoms with E-state index in [1.807, 2.05) is 24.3 Å². The van der Waals surface area contributed by atoms with Crippen molar-refractivity contribution in [3.05, 3.63) is 77.2 Å². The summed E-state index contributed by atoms with van der Waals surface area (Å²) in [4.78, 5) is 12.3. The monoisotopic (exact) mass is 416 g/mol. The molecular weight excluding hydrogens is 396 g/mol. The standard InChI is InChI=1S/C20H20N2O4S2/c1-22(28(24,25)19-4-3-13-27-19)17-9-7-16(8-10-17)20(23)21-14-15-5-11-18(26-2)12-6-15/h3-13H,14H2,1-2H3,(H,21,23). The fraction of sp³-hybridized carbons (Fsp3) is 0.150. The average molecular weight is 417 g/mol. The number of anilines is 1. The third-order valence-electron chi connectivity index (χ3n) is 4.22. The molecule has 1 heterocycles. The van der Waals surface area contributed by atoms with E-state index >= 15 is 0 Å². The molecule has 0 atom stereocenters. The Morgan fingerprint density at radius 2 is 1.75 bits per heavy atom. The lowest BCUT2D eigenvalue weighted by atomic mass is 10.1. The van der Waals surface area contributed by atoms with Gasteiger partial charge in [-0.3, -0.25) is 9.10 Å². The summed E-state index contributed by atoms with van der Waals surface area (Å²) >= 11 is 1.17. The number of hydrogen-bond acceptors (Lipinski definition) is 5. The molecule has 2 aromatic carbocycles. The van der Waals surface area contributed by atoms with Gasteiger partial charge in [0.2, 0.25) is 0 Å². The molecule has 3 aromatic rings. The number of amides is 1. The molecule has 0 aliphatic heterocycles. The van der Waals surface area contributed by atoms with E-state index in [1.165, 1.54) is 22.7 Å².